The highest BCUT2D eigenvalue weighted by molar-refractivity contribution is 14.0. The van der Waals surface area contributed by atoms with Gasteiger partial charge >= 0.3 is 0 Å². The van der Waals surface area contributed by atoms with Gasteiger partial charge in [0.05, 0.1) is 24.2 Å². The first kappa shape index (κ1) is 28.1. The smallest absolute Gasteiger partial charge is 0.243 e. The summed E-state index contributed by atoms with van der Waals surface area (Å²) in [5.74, 6) is 0.734. The van der Waals surface area contributed by atoms with Crippen molar-refractivity contribution < 1.29 is 17.9 Å². The van der Waals surface area contributed by atoms with Crippen molar-refractivity contribution in [1.82, 2.24) is 14.9 Å². The number of hydrogen-bond donors (Lipinski definition) is 2. The van der Waals surface area contributed by atoms with Gasteiger partial charge in [-0.2, -0.15) is 4.31 Å². The lowest BCUT2D eigenvalue weighted by molar-refractivity contribution is 0.0420. The number of ether oxygens (including phenoxy) is 2. The van der Waals surface area contributed by atoms with Crippen molar-refractivity contribution in [3.63, 3.8) is 0 Å². The molecular weight excluding hydrogens is 531 g/mol. The van der Waals surface area contributed by atoms with Crippen LogP contribution in [0.2, 0.25) is 0 Å². The fourth-order valence-corrected chi connectivity index (χ4v) is 4.26. The fourth-order valence-electron chi connectivity index (χ4n) is 2.90. The Morgan fingerprint density at radius 3 is 2.58 bits per heavy atom. The summed E-state index contributed by atoms with van der Waals surface area (Å²) in [5.41, 5.74) is 0.947. The summed E-state index contributed by atoms with van der Waals surface area (Å²) in [6.07, 6.45) is 2.10. The Labute approximate surface area is 204 Å². The molecule has 1 atom stereocenters. The Morgan fingerprint density at radius 2 is 2.00 bits per heavy atom. The molecule has 0 bridgehead atoms. The normalized spacial score (nSPS) is 17.1. The van der Waals surface area contributed by atoms with Crippen LogP contribution in [0.1, 0.15) is 39.2 Å². The topological polar surface area (TPSA) is 92.3 Å². The molecule has 1 aliphatic heterocycles. The Morgan fingerprint density at radius 1 is 1.29 bits per heavy atom. The highest BCUT2D eigenvalue weighted by Crippen LogP contribution is 2.17. The first-order valence-corrected chi connectivity index (χ1v) is 12.1. The minimum atomic E-state index is -3.47. The third-order valence-corrected chi connectivity index (χ3v) is 6.99. The maximum absolute atomic E-state index is 12.6. The highest BCUT2D eigenvalue weighted by atomic mass is 127. The van der Waals surface area contributed by atoms with Gasteiger partial charge < -0.3 is 20.1 Å². The zero-order valence-corrected chi connectivity index (χ0v) is 22.1. The summed E-state index contributed by atoms with van der Waals surface area (Å²) < 4.78 is 37.5. The van der Waals surface area contributed by atoms with Crippen molar-refractivity contribution in [3.8, 4) is 0 Å². The molecule has 1 fully saturated rings. The van der Waals surface area contributed by atoms with E-state index in [1.807, 2.05) is 32.9 Å². The predicted octanol–water partition coefficient (Wildman–Crippen LogP) is 2.58. The molecule has 1 heterocycles. The number of aliphatic imine (C=N–C) groups is 1. The van der Waals surface area contributed by atoms with Gasteiger partial charge in [0.2, 0.25) is 10.0 Å². The van der Waals surface area contributed by atoms with E-state index in [0.29, 0.717) is 24.7 Å². The van der Waals surface area contributed by atoms with Crippen LogP contribution in [0.15, 0.2) is 34.2 Å². The molecule has 0 saturated carbocycles. The van der Waals surface area contributed by atoms with Gasteiger partial charge in [0.15, 0.2) is 5.96 Å². The average Bonchev–Trinajstić information content (AvgIpc) is 3.24. The standard InChI is InChI=1S/C21H36N4O4S.HI/c1-5-22-21(23-12-6-13-29-19-11-14-28-16-19)24-15-18-7-9-20(10-8-18)30(26,27)25(4)17(2)3;/h7-10,17,19H,5-6,11-16H2,1-4H3,(H2,22,23,24);1H. The lowest BCUT2D eigenvalue weighted by atomic mass is 10.2. The van der Waals surface area contributed by atoms with Crippen LogP contribution in [0, 0.1) is 0 Å². The summed E-state index contributed by atoms with van der Waals surface area (Å²) >= 11 is 0. The van der Waals surface area contributed by atoms with E-state index in [1.165, 1.54) is 4.31 Å². The summed E-state index contributed by atoms with van der Waals surface area (Å²) in [6.45, 7) is 9.90. The maximum Gasteiger partial charge on any atom is 0.243 e. The van der Waals surface area contributed by atoms with E-state index in [9.17, 15) is 8.42 Å². The van der Waals surface area contributed by atoms with E-state index in [0.717, 1.165) is 44.1 Å². The van der Waals surface area contributed by atoms with E-state index in [4.69, 9.17) is 9.47 Å². The second-order valence-electron chi connectivity index (χ2n) is 7.59. The molecular formula is C21H37IN4O4S. The number of hydrogen-bond acceptors (Lipinski definition) is 5. The van der Waals surface area contributed by atoms with Gasteiger partial charge in [-0.15, -0.1) is 24.0 Å². The molecule has 8 nitrogen and oxygen atoms in total. The molecule has 1 aromatic rings. The van der Waals surface area contributed by atoms with Crippen molar-refractivity contribution in [2.75, 3.05) is 40.0 Å². The molecule has 0 radical (unpaired) electrons. The van der Waals surface area contributed by atoms with Crippen LogP contribution in [-0.4, -0.2) is 70.8 Å². The molecule has 31 heavy (non-hydrogen) atoms. The molecule has 1 saturated heterocycles. The minimum absolute atomic E-state index is 0. The number of rotatable bonds is 11. The zero-order valence-electron chi connectivity index (χ0n) is 19.0. The van der Waals surface area contributed by atoms with Gasteiger partial charge in [-0.1, -0.05) is 12.1 Å². The second-order valence-corrected chi connectivity index (χ2v) is 9.59. The number of halogens is 1. The summed E-state index contributed by atoms with van der Waals surface area (Å²) in [7, 11) is -1.87. The predicted molar refractivity (Wildman–Crippen MR) is 135 cm³/mol. The van der Waals surface area contributed by atoms with Crippen molar-refractivity contribution in [2.24, 2.45) is 4.99 Å². The van der Waals surface area contributed by atoms with E-state index in [2.05, 4.69) is 15.6 Å². The first-order chi connectivity index (χ1) is 14.3. The van der Waals surface area contributed by atoms with Crippen molar-refractivity contribution in [3.05, 3.63) is 29.8 Å². The molecule has 2 N–H and O–H groups in total. The molecule has 1 aliphatic rings. The molecule has 2 rings (SSSR count). The van der Waals surface area contributed by atoms with Gasteiger partial charge in [0, 0.05) is 39.4 Å². The van der Waals surface area contributed by atoms with Crippen molar-refractivity contribution in [2.45, 2.75) is 57.2 Å². The van der Waals surface area contributed by atoms with Gasteiger partial charge in [0.25, 0.3) is 0 Å². The Balaban J connectivity index is 0.00000480. The summed E-state index contributed by atoms with van der Waals surface area (Å²) in [6, 6.07) is 6.81. The number of nitrogens with one attached hydrogen (secondary N) is 2. The fraction of sp³-hybridized carbons (Fsp3) is 0.667. The van der Waals surface area contributed by atoms with Gasteiger partial charge in [-0.05, 0) is 51.3 Å². The molecule has 0 aliphatic carbocycles. The SMILES string of the molecule is CCNC(=NCc1ccc(S(=O)(=O)N(C)C(C)C)cc1)NCCCOC1CCOC1.I. The first-order valence-electron chi connectivity index (χ1n) is 10.6. The minimum Gasteiger partial charge on any atom is -0.379 e. The van der Waals surface area contributed by atoms with Crippen LogP contribution in [0.4, 0.5) is 0 Å². The molecule has 1 unspecified atom stereocenters. The molecule has 1 aromatic carbocycles. The van der Waals surface area contributed by atoms with Crippen LogP contribution < -0.4 is 10.6 Å². The number of nitrogens with zero attached hydrogens (tertiary/aromatic N) is 2. The van der Waals surface area contributed by atoms with Crippen molar-refractivity contribution in [1.29, 1.82) is 0 Å². The molecule has 0 aromatic heterocycles. The van der Waals surface area contributed by atoms with Crippen molar-refractivity contribution >= 4 is 40.0 Å². The third kappa shape index (κ3) is 9.21. The van der Waals surface area contributed by atoms with E-state index < -0.39 is 10.0 Å². The third-order valence-electron chi connectivity index (χ3n) is 4.95. The second kappa shape index (κ2) is 14.2. The quantitative estimate of drug-likeness (QED) is 0.185. The van der Waals surface area contributed by atoms with Crippen LogP contribution in [-0.2, 0) is 26.0 Å². The monoisotopic (exact) mass is 568 g/mol. The Hall–Kier alpha value is -0.950. The maximum atomic E-state index is 12.6. The van der Waals surface area contributed by atoms with Gasteiger partial charge in [0.1, 0.15) is 0 Å². The highest BCUT2D eigenvalue weighted by Gasteiger charge is 2.22. The van der Waals surface area contributed by atoms with E-state index >= 15 is 0 Å². The average molecular weight is 569 g/mol. The van der Waals surface area contributed by atoms with Crippen LogP contribution in [0.25, 0.3) is 0 Å². The Bertz CT molecular complexity index is 766. The zero-order chi connectivity index (χ0) is 22.0. The lowest BCUT2D eigenvalue weighted by Gasteiger charge is -2.21. The number of benzene rings is 1. The molecule has 178 valence electrons. The van der Waals surface area contributed by atoms with Crippen LogP contribution in [0.5, 0.6) is 0 Å². The lowest BCUT2D eigenvalue weighted by Crippen LogP contribution is -2.38. The largest absolute Gasteiger partial charge is 0.379 e. The van der Waals surface area contributed by atoms with Gasteiger partial charge in [-0.25, -0.2) is 13.4 Å². The van der Waals surface area contributed by atoms with Crippen LogP contribution in [0.3, 0.4) is 0 Å². The van der Waals surface area contributed by atoms with Crippen LogP contribution >= 0.6 is 24.0 Å². The molecule has 0 spiro atoms. The summed E-state index contributed by atoms with van der Waals surface area (Å²) in [5, 5.41) is 6.53. The van der Waals surface area contributed by atoms with Gasteiger partial charge in [-0.3, -0.25) is 0 Å². The van der Waals surface area contributed by atoms with E-state index in [-0.39, 0.29) is 36.1 Å². The Kier molecular flexibility index (Phi) is 12.9. The number of sulfonamides is 1. The molecule has 10 heteroatoms. The number of guanidine groups is 1. The van der Waals surface area contributed by atoms with E-state index in [1.54, 1.807) is 19.2 Å². The summed E-state index contributed by atoms with van der Waals surface area (Å²) in [4.78, 5) is 4.88. The molecule has 0 amide bonds.